The molecule has 2 rings (SSSR count). The zero-order chi connectivity index (χ0) is 25.6. The third-order valence-electron chi connectivity index (χ3n) is 6.08. The summed E-state index contributed by atoms with van der Waals surface area (Å²) in [6.07, 6.45) is 8.70. The van der Waals surface area contributed by atoms with E-state index in [1.54, 1.807) is 0 Å². The van der Waals surface area contributed by atoms with Crippen molar-refractivity contribution < 1.29 is 28.2 Å². The Kier molecular flexibility index (Phi) is 12.7. The quantitative estimate of drug-likeness (QED) is 0.269. The molecule has 1 aliphatic heterocycles. The number of ether oxygens (including phenoxy) is 3. The highest BCUT2D eigenvalue weighted by Crippen LogP contribution is 2.30. The monoisotopic (exact) mass is 498 g/mol. The molecule has 35 heavy (non-hydrogen) atoms. The summed E-state index contributed by atoms with van der Waals surface area (Å²) in [5, 5.41) is 0. The molecule has 198 valence electrons. The van der Waals surface area contributed by atoms with Crippen LogP contribution in [0.4, 0.5) is 4.39 Å². The predicted molar refractivity (Wildman–Crippen MR) is 127 cm³/mol. The minimum absolute atomic E-state index is 0.0617. The van der Waals surface area contributed by atoms with Gasteiger partial charge in [0.2, 0.25) is 5.82 Å². The lowest BCUT2D eigenvalue weighted by molar-refractivity contribution is -0.158. The second-order valence-corrected chi connectivity index (χ2v) is 9.05. The number of nitrogens with one attached hydrogen (secondary N) is 1. The molecular weight excluding hydrogens is 459 g/mol. The standard InChI is InChI=1S/C25H39FN2O7/c1-3-5-7-9-11-13-22(29)33-17-20-19(35-23(30)14-12-10-8-6-4-2)15-21(34-20)28-16-18(26)24(31)27-25(28)32/h16,19-21H,3-15,17H2,1-2H3,(H,27,31,32)/t19-,20+,21+/m0/s1. The normalized spacial score (nSPS) is 19.6. The number of nitrogens with zero attached hydrogens (tertiary/aromatic N) is 1. The lowest BCUT2D eigenvalue weighted by Gasteiger charge is -2.19. The SMILES string of the molecule is CCCCCCCC(=O)OC[C@H]1O[C@@H](n2cc(F)c(=O)[nH]c2=O)C[C@@H]1OC(=O)CCCCCCC. The Morgan fingerprint density at radius 2 is 1.60 bits per heavy atom. The first kappa shape index (κ1) is 28.7. The third-order valence-corrected chi connectivity index (χ3v) is 6.08. The summed E-state index contributed by atoms with van der Waals surface area (Å²) >= 11 is 0. The highest BCUT2D eigenvalue weighted by Gasteiger charge is 2.40. The van der Waals surface area contributed by atoms with Crippen LogP contribution >= 0.6 is 0 Å². The molecular formula is C25H39FN2O7. The van der Waals surface area contributed by atoms with E-state index in [2.05, 4.69) is 13.8 Å². The van der Waals surface area contributed by atoms with Gasteiger partial charge in [-0.1, -0.05) is 65.2 Å². The van der Waals surface area contributed by atoms with Gasteiger partial charge in [0.1, 0.15) is 25.0 Å². The Labute approximate surface area is 205 Å². The van der Waals surface area contributed by atoms with Crippen LogP contribution in [0.25, 0.3) is 0 Å². The van der Waals surface area contributed by atoms with Gasteiger partial charge < -0.3 is 14.2 Å². The van der Waals surface area contributed by atoms with Crippen LogP contribution in [-0.2, 0) is 23.8 Å². The molecule has 0 spiro atoms. The maximum atomic E-state index is 13.8. The molecule has 0 aromatic carbocycles. The molecule has 0 unspecified atom stereocenters. The number of hydrogen-bond donors (Lipinski definition) is 1. The molecule has 0 bridgehead atoms. The van der Waals surface area contributed by atoms with Crippen LogP contribution in [0, 0.1) is 5.82 Å². The maximum Gasteiger partial charge on any atom is 0.330 e. The van der Waals surface area contributed by atoms with Crippen LogP contribution in [-0.4, -0.2) is 40.3 Å². The van der Waals surface area contributed by atoms with E-state index in [9.17, 15) is 23.6 Å². The fourth-order valence-corrected chi connectivity index (χ4v) is 4.04. The number of H-pyrrole nitrogens is 1. The summed E-state index contributed by atoms with van der Waals surface area (Å²) in [6, 6.07) is 0. The van der Waals surface area contributed by atoms with Crippen molar-refractivity contribution in [1.82, 2.24) is 9.55 Å². The maximum absolute atomic E-state index is 13.8. The van der Waals surface area contributed by atoms with E-state index < -0.39 is 41.5 Å². The van der Waals surface area contributed by atoms with Crippen LogP contribution in [0.3, 0.4) is 0 Å². The van der Waals surface area contributed by atoms with Gasteiger partial charge in [-0.3, -0.25) is 23.9 Å². The Morgan fingerprint density at radius 3 is 2.23 bits per heavy atom. The molecule has 3 atom stereocenters. The van der Waals surface area contributed by atoms with Crippen LogP contribution in [0.15, 0.2) is 15.8 Å². The van der Waals surface area contributed by atoms with Crippen molar-refractivity contribution >= 4 is 11.9 Å². The van der Waals surface area contributed by atoms with Crippen LogP contribution < -0.4 is 11.2 Å². The number of esters is 2. The predicted octanol–water partition coefficient (Wildman–Crippen LogP) is 4.14. The zero-order valence-electron chi connectivity index (χ0n) is 20.9. The van der Waals surface area contributed by atoms with Crippen molar-refractivity contribution in [1.29, 1.82) is 0 Å². The highest BCUT2D eigenvalue weighted by molar-refractivity contribution is 5.70. The fourth-order valence-electron chi connectivity index (χ4n) is 4.04. The van der Waals surface area contributed by atoms with Gasteiger partial charge >= 0.3 is 17.6 Å². The van der Waals surface area contributed by atoms with Crippen molar-refractivity contribution in [2.24, 2.45) is 0 Å². The van der Waals surface area contributed by atoms with E-state index in [0.717, 1.165) is 68.6 Å². The van der Waals surface area contributed by atoms with Crippen molar-refractivity contribution in [2.75, 3.05) is 6.61 Å². The number of aromatic nitrogens is 2. The summed E-state index contributed by atoms with van der Waals surface area (Å²) < 4.78 is 31.5. The lowest BCUT2D eigenvalue weighted by atomic mass is 10.1. The summed E-state index contributed by atoms with van der Waals surface area (Å²) in [6.45, 7) is 4.08. The van der Waals surface area contributed by atoms with E-state index in [4.69, 9.17) is 14.2 Å². The van der Waals surface area contributed by atoms with Gasteiger partial charge in [0.05, 0.1) is 6.20 Å². The van der Waals surface area contributed by atoms with Gasteiger partial charge in [0.15, 0.2) is 0 Å². The average Bonchev–Trinajstić information content (AvgIpc) is 3.21. The van der Waals surface area contributed by atoms with E-state index in [-0.39, 0.29) is 31.8 Å². The van der Waals surface area contributed by atoms with Crippen LogP contribution in [0.2, 0.25) is 0 Å². The van der Waals surface area contributed by atoms with Gasteiger partial charge in [-0.2, -0.15) is 4.39 Å². The number of carbonyl (C=O) groups excluding carboxylic acids is 2. The lowest BCUT2D eigenvalue weighted by Crippen LogP contribution is -2.34. The smallest absolute Gasteiger partial charge is 0.330 e. The summed E-state index contributed by atoms with van der Waals surface area (Å²) in [5.41, 5.74) is -1.97. The van der Waals surface area contributed by atoms with Gasteiger partial charge in [0, 0.05) is 19.3 Å². The Hall–Kier alpha value is -2.49. The van der Waals surface area contributed by atoms with Crippen LogP contribution in [0.1, 0.15) is 104 Å². The van der Waals surface area contributed by atoms with E-state index >= 15 is 0 Å². The molecule has 1 aliphatic rings. The van der Waals surface area contributed by atoms with Crippen molar-refractivity contribution in [2.45, 2.75) is 116 Å². The number of rotatable bonds is 16. The molecule has 10 heteroatoms. The Balaban J connectivity index is 1.97. The van der Waals surface area contributed by atoms with Crippen LogP contribution in [0.5, 0.6) is 0 Å². The van der Waals surface area contributed by atoms with Crippen molar-refractivity contribution in [3.63, 3.8) is 0 Å². The molecule has 1 aromatic heterocycles. The first-order valence-electron chi connectivity index (χ1n) is 12.9. The molecule has 1 aromatic rings. The molecule has 9 nitrogen and oxygen atoms in total. The van der Waals surface area contributed by atoms with Gasteiger partial charge in [0.25, 0.3) is 5.56 Å². The van der Waals surface area contributed by atoms with Gasteiger partial charge in [-0.25, -0.2) is 4.79 Å². The Bertz CT molecular complexity index is 914. The zero-order valence-corrected chi connectivity index (χ0v) is 20.9. The second-order valence-electron chi connectivity index (χ2n) is 9.05. The fraction of sp³-hybridized carbons (Fsp3) is 0.760. The Morgan fingerprint density at radius 1 is 1.00 bits per heavy atom. The van der Waals surface area contributed by atoms with Gasteiger partial charge in [-0.15, -0.1) is 0 Å². The third kappa shape index (κ3) is 9.95. The molecule has 1 N–H and O–H groups in total. The average molecular weight is 499 g/mol. The molecule has 0 radical (unpaired) electrons. The molecule has 1 fully saturated rings. The van der Waals surface area contributed by atoms with Crippen molar-refractivity contribution in [3.05, 3.63) is 32.9 Å². The first-order chi connectivity index (χ1) is 16.8. The van der Waals surface area contributed by atoms with Crippen molar-refractivity contribution in [3.8, 4) is 0 Å². The molecule has 1 saturated heterocycles. The molecule has 2 heterocycles. The number of aromatic amines is 1. The summed E-state index contributed by atoms with van der Waals surface area (Å²) in [7, 11) is 0. The number of unbranched alkanes of at least 4 members (excludes halogenated alkanes) is 8. The summed E-state index contributed by atoms with van der Waals surface area (Å²) in [5.74, 6) is -1.91. The highest BCUT2D eigenvalue weighted by atomic mass is 19.1. The number of carbonyl (C=O) groups is 2. The number of halogens is 1. The van der Waals surface area contributed by atoms with E-state index in [1.165, 1.54) is 0 Å². The second kappa shape index (κ2) is 15.5. The van der Waals surface area contributed by atoms with E-state index in [0.29, 0.717) is 6.42 Å². The number of hydrogen-bond acceptors (Lipinski definition) is 7. The topological polar surface area (TPSA) is 117 Å². The van der Waals surface area contributed by atoms with E-state index in [1.807, 2.05) is 4.98 Å². The molecule has 0 saturated carbocycles. The summed E-state index contributed by atoms with van der Waals surface area (Å²) in [4.78, 5) is 50.0. The van der Waals surface area contributed by atoms with Gasteiger partial charge in [-0.05, 0) is 12.8 Å². The largest absolute Gasteiger partial charge is 0.463 e. The minimum atomic E-state index is -1.13. The minimum Gasteiger partial charge on any atom is -0.463 e. The molecule has 0 aliphatic carbocycles. The first-order valence-corrected chi connectivity index (χ1v) is 12.9. The molecule has 0 amide bonds.